The van der Waals surface area contributed by atoms with Gasteiger partial charge in [0.25, 0.3) is 0 Å². The molecule has 3 aromatic rings. The van der Waals surface area contributed by atoms with Crippen LogP contribution in [0.15, 0.2) is 54.7 Å². The lowest BCUT2D eigenvalue weighted by Gasteiger charge is -2.39. The van der Waals surface area contributed by atoms with Crippen molar-refractivity contribution in [3.8, 4) is 11.4 Å². The SMILES string of the molecule is OC[C@H]1O[C@H](Oc2cn(-c3ccccc3)c3cc(Cl)ccc23)[C@H](O)[C@@H](O)[C@H]1O. The fourth-order valence-electron chi connectivity index (χ4n) is 3.35. The van der Waals surface area contributed by atoms with Crippen LogP contribution in [0.5, 0.6) is 5.75 Å². The highest BCUT2D eigenvalue weighted by atomic mass is 35.5. The third-order valence-corrected chi connectivity index (χ3v) is 5.09. The summed E-state index contributed by atoms with van der Waals surface area (Å²) < 4.78 is 13.2. The van der Waals surface area contributed by atoms with Crippen molar-refractivity contribution in [3.63, 3.8) is 0 Å². The molecule has 0 spiro atoms. The van der Waals surface area contributed by atoms with Crippen molar-refractivity contribution in [2.45, 2.75) is 30.7 Å². The van der Waals surface area contributed by atoms with E-state index in [1.54, 1.807) is 24.4 Å². The Balaban J connectivity index is 1.73. The Morgan fingerprint density at radius 2 is 1.75 bits per heavy atom. The Kier molecular flexibility index (Phi) is 5.29. The van der Waals surface area contributed by atoms with Crippen LogP contribution in [0.3, 0.4) is 0 Å². The van der Waals surface area contributed by atoms with Crippen LogP contribution in [-0.2, 0) is 4.74 Å². The fraction of sp³-hybridized carbons (Fsp3) is 0.300. The van der Waals surface area contributed by atoms with Gasteiger partial charge in [-0.25, -0.2) is 0 Å². The number of fused-ring (bicyclic) bond motifs is 1. The predicted octanol–water partition coefficient (Wildman–Crippen LogP) is 1.46. The average molecular weight is 406 g/mol. The molecule has 148 valence electrons. The lowest BCUT2D eigenvalue weighted by molar-refractivity contribution is -0.277. The van der Waals surface area contributed by atoms with Crippen LogP contribution in [0.4, 0.5) is 0 Å². The molecule has 5 atom stereocenters. The van der Waals surface area contributed by atoms with Gasteiger partial charge in [0, 0.05) is 16.1 Å². The van der Waals surface area contributed by atoms with E-state index >= 15 is 0 Å². The number of aliphatic hydroxyl groups excluding tert-OH is 4. The fourth-order valence-corrected chi connectivity index (χ4v) is 3.52. The number of hydrogen-bond donors (Lipinski definition) is 4. The van der Waals surface area contributed by atoms with E-state index in [1.807, 2.05) is 34.9 Å². The monoisotopic (exact) mass is 405 g/mol. The van der Waals surface area contributed by atoms with Crippen molar-refractivity contribution in [1.29, 1.82) is 0 Å². The molecule has 0 bridgehead atoms. The van der Waals surface area contributed by atoms with Crippen molar-refractivity contribution in [1.82, 2.24) is 4.57 Å². The molecule has 0 saturated carbocycles. The molecule has 1 aliphatic rings. The maximum absolute atomic E-state index is 10.3. The van der Waals surface area contributed by atoms with E-state index < -0.39 is 37.3 Å². The molecule has 4 rings (SSSR count). The second-order valence-corrected chi connectivity index (χ2v) is 7.11. The largest absolute Gasteiger partial charge is 0.460 e. The van der Waals surface area contributed by atoms with Gasteiger partial charge in [0.2, 0.25) is 6.29 Å². The first-order chi connectivity index (χ1) is 13.5. The number of hydrogen-bond acceptors (Lipinski definition) is 6. The van der Waals surface area contributed by atoms with Crippen LogP contribution < -0.4 is 4.74 Å². The minimum Gasteiger partial charge on any atom is -0.460 e. The van der Waals surface area contributed by atoms with E-state index in [-0.39, 0.29) is 0 Å². The first kappa shape index (κ1) is 19.2. The second-order valence-electron chi connectivity index (χ2n) is 6.68. The van der Waals surface area contributed by atoms with Gasteiger partial charge in [-0.15, -0.1) is 0 Å². The number of nitrogens with zero attached hydrogens (tertiary/aromatic N) is 1. The second kappa shape index (κ2) is 7.71. The molecular weight excluding hydrogens is 386 g/mol. The van der Waals surface area contributed by atoms with Gasteiger partial charge in [0.05, 0.1) is 18.3 Å². The van der Waals surface area contributed by atoms with Crippen molar-refractivity contribution < 1.29 is 29.9 Å². The zero-order chi connectivity index (χ0) is 19.8. The Hall–Kier alpha value is -2.13. The summed E-state index contributed by atoms with van der Waals surface area (Å²) in [5.41, 5.74) is 1.68. The maximum atomic E-state index is 10.3. The molecule has 2 aromatic carbocycles. The summed E-state index contributed by atoms with van der Waals surface area (Å²) in [7, 11) is 0. The van der Waals surface area contributed by atoms with Crippen molar-refractivity contribution in [3.05, 3.63) is 59.8 Å². The van der Waals surface area contributed by atoms with Gasteiger partial charge in [-0.3, -0.25) is 0 Å². The average Bonchev–Trinajstić information content (AvgIpc) is 3.06. The summed E-state index contributed by atoms with van der Waals surface area (Å²) in [6, 6.07) is 14.9. The van der Waals surface area contributed by atoms with E-state index in [1.165, 1.54) is 0 Å². The normalized spacial score (nSPS) is 27.8. The summed E-state index contributed by atoms with van der Waals surface area (Å²) >= 11 is 6.17. The molecule has 0 unspecified atom stereocenters. The Morgan fingerprint density at radius 3 is 2.46 bits per heavy atom. The number of aliphatic hydroxyl groups is 4. The van der Waals surface area contributed by atoms with Crippen LogP contribution in [-0.4, -0.2) is 62.3 Å². The zero-order valence-electron chi connectivity index (χ0n) is 14.7. The van der Waals surface area contributed by atoms with E-state index in [0.29, 0.717) is 10.8 Å². The highest BCUT2D eigenvalue weighted by Gasteiger charge is 2.45. The number of para-hydroxylation sites is 1. The molecule has 1 saturated heterocycles. The Labute approximate surface area is 165 Å². The summed E-state index contributed by atoms with van der Waals surface area (Å²) in [5, 5.41) is 40.8. The predicted molar refractivity (Wildman–Crippen MR) is 103 cm³/mol. The molecule has 0 amide bonds. The van der Waals surface area contributed by atoms with Gasteiger partial charge in [-0.2, -0.15) is 0 Å². The molecule has 1 aromatic heterocycles. The topological polar surface area (TPSA) is 104 Å². The number of rotatable bonds is 4. The van der Waals surface area contributed by atoms with E-state index in [2.05, 4.69) is 0 Å². The van der Waals surface area contributed by atoms with Gasteiger partial charge in [0.1, 0.15) is 30.2 Å². The highest BCUT2D eigenvalue weighted by Crippen LogP contribution is 2.34. The lowest BCUT2D eigenvalue weighted by Crippen LogP contribution is -2.60. The molecule has 28 heavy (non-hydrogen) atoms. The van der Waals surface area contributed by atoms with Crippen molar-refractivity contribution in [2.75, 3.05) is 6.61 Å². The molecule has 2 heterocycles. The summed E-state index contributed by atoms with van der Waals surface area (Å²) in [5.74, 6) is 0.403. The minimum absolute atomic E-state index is 0.403. The minimum atomic E-state index is -1.51. The number of aromatic nitrogens is 1. The highest BCUT2D eigenvalue weighted by molar-refractivity contribution is 6.31. The molecule has 1 aliphatic heterocycles. The van der Waals surface area contributed by atoms with Gasteiger partial charge in [0.15, 0.2) is 0 Å². The standard InChI is InChI=1S/C20H20ClNO6/c21-11-6-7-13-14(8-11)22(12-4-2-1-3-5-12)9-15(13)27-20-19(26)18(25)17(24)16(10-23)28-20/h1-9,16-20,23-26H,10H2/t16-,17+,18+,19-,20+/m1/s1. The molecule has 0 aliphatic carbocycles. The van der Waals surface area contributed by atoms with E-state index in [4.69, 9.17) is 21.1 Å². The number of ether oxygens (including phenoxy) is 2. The smallest absolute Gasteiger partial charge is 0.229 e. The third-order valence-electron chi connectivity index (χ3n) is 4.86. The van der Waals surface area contributed by atoms with E-state index in [0.717, 1.165) is 16.6 Å². The summed E-state index contributed by atoms with van der Waals surface area (Å²) in [6.45, 7) is -0.522. The van der Waals surface area contributed by atoms with Crippen molar-refractivity contribution >= 4 is 22.5 Å². The van der Waals surface area contributed by atoms with Crippen LogP contribution in [0.1, 0.15) is 0 Å². The lowest BCUT2D eigenvalue weighted by atomic mass is 9.99. The number of halogens is 1. The van der Waals surface area contributed by atoms with Gasteiger partial charge < -0.3 is 34.5 Å². The van der Waals surface area contributed by atoms with Crippen LogP contribution in [0.25, 0.3) is 16.6 Å². The van der Waals surface area contributed by atoms with Gasteiger partial charge >= 0.3 is 0 Å². The van der Waals surface area contributed by atoms with Crippen molar-refractivity contribution in [2.24, 2.45) is 0 Å². The molecule has 8 heteroatoms. The summed E-state index contributed by atoms with van der Waals surface area (Å²) in [6.07, 6.45) is -5.00. The van der Waals surface area contributed by atoms with Crippen LogP contribution >= 0.6 is 11.6 Å². The first-order valence-corrected chi connectivity index (χ1v) is 9.20. The van der Waals surface area contributed by atoms with Gasteiger partial charge in [-0.1, -0.05) is 29.8 Å². The quantitative estimate of drug-likeness (QED) is 0.524. The molecular formula is C20H20ClNO6. The zero-order valence-corrected chi connectivity index (χ0v) is 15.5. The van der Waals surface area contributed by atoms with E-state index in [9.17, 15) is 20.4 Å². The first-order valence-electron chi connectivity index (χ1n) is 8.83. The summed E-state index contributed by atoms with van der Waals surface area (Å²) in [4.78, 5) is 0. The molecule has 1 fully saturated rings. The molecule has 0 radical (unpaired) electrons. The van der Waals surface area contributed by atoms with Gasteiger partial charge in [-0.05, 0) is 30.3 Å². The van der Waals surface area contributed by atoms with Crippen LogP contribution in [0.2, 0.25) is 5.02 Å². The Bertz CT molecular complexity index is 960. The number of benzene rings is 2. The molecule has 7 nitrogen and oxygen atoms in total. The molecule has 4 N–H and O–H groups in total. The Morgan fingerprint density at radius 1 is 1.00 bits per heavy atom. The maximum Gasteiger partial charge on any atom is 0.229 e. The third kappa shape index (κ3) is 3.37. The van der Waals surface area contributed by atoms with Crippen LogP contribution in [0, 0.1) is 0 Å².